The molecule has 0 heterocycles. The number of carboxylic acids is 2. The van der Waals surface area contributed by atoms with E-state index < -0.39 is 11.9 Å². The van der Waals surface area contributed by atoms with Gasteiger partial charge >= 0.3 is 48.9 Å². The van der Waals surface area contributed by atoms with Crippen LogP contribution in [0.2, 0.25) is 0 Å². The minimum absolute atomic E-state index is 0. The summed E-state index contributed by atoms with van der Waals surface area (Å²) in [6.07, 6.45) is 0. The average molecular weight is 512 g/mol. The Morgan fingerprint density at radius 2 is 0.862 bits per heavy atom. The second-order valence-electron chi connectivity index (χ2n) is 6.01. The van der Waals surface area contributed by atoms with Crippen LogP contribution in [-0.4, -0.2) is 71.0 Å². The molecule has 140 valence electrons. The Hall–Kier alpha value is -2.49. The quantitative estimate of drug-likeness (QED) is 0.393. The first-order chi connectivity index (χ1) is 13.4. The molecular weight excluding hydrogens is 498 g/mol. The summed E-state index contributed by atoms with van der Waals surface area (Å²) in [5.41, 5.74) is -0.354. The first kappa shape index (κ1) is 22.8. The van der Waals surface area contributed by atoms with Gasteiger partial charge in [0.1, 0.15) is 11.5 Å². The van der Waals surface area contributed by atoms with Crippen molar-refractivity contribution in [2.75, 3.05) is 0 Å². The van der Waals surface area contributed by atoms with E-state index in [9.17, 15) is 30.0 Å². The third kappa shape index (κ3) is 5.31. The third-order valence-electron chi connectivity index (χ3n) is 4.17. The number of rotatable bonds is 2. The molecule has 0 amide bonds. The van der Waals surface area contributed by atoms with Crippen molar-refractivity contribution in [2.24, 2.45) is 0 Å². The molecular formula is C22H14BaO6. The van der Waals surface area contributed by atoms with E-state index in [4.69, 9.17) is 0 Å². The Morgan fingerprint density at radius 3 is 1.14 bits per heavy atom. The third-order valence-corrected chi connectivity index (χ3v) is 4.17. The zero-order valence-electron chi connectivity index (χ0n) is 15.2. The SMILES string of the molecule is O=C([O-])c1cc2ccccc2cc1O.O=C([O-])c1cc2ccccc2cc1O.[Ba+2]. The molecule has 29 heavy (non-hydrogen) atoms. The molecule has 4 rings (SSSR count). The van der Waals surface area contributed by atoms with Crippen LogP contribution in [0, 0.1) is 0 Å². The maximum absolute atomic E-state index is 10.6. The Kier molecular flexibility index (Phi) is 7.72. The fraction of sp³-hybridized carbons (Fsp3) is 0. The van der Waals surface area contributed by atoms with Gasteiger partial charge in [0.25, 0.3) is 0 Å². The second-order valence-corrected chi connectivity index (χ2v) is 6.01. The number of aromatic hydroxyl groups is 2. The summed E-state index contributed by atoms with van der Waals surface area (Å²) in [6.45, 7) is 0. The summed E-state index contributed by atoms with van der Waals surface area (Å²) in [5, 5.41) is 43.0. The summed E-state index contributed by atoms with van der Waals surface area (Å²) >= 11 is 0. The summed E-state index contributed by atoms with van der Waals surface area (Å²) in [6, 6.07) is 20.0. The van der Waals surface area contributed by atoms with Crippen LogP contribution < -0.4 is 10.2 Å². The molecule has 0 spiro atoms. The van der Waals surface area contributed by atoms with Crippen molar-refractivity contribution >= 4 is 82.4 Å². The van der Waals surface area contributed by atoms with Crippen molar-refractivity contribution < 1.29 is 30.0 Å². The van der Waals surface area contributed by atoms with Gasteiger partial charge in [-0.15, -0.1) is 0 Å². The van der Waals surface area contributed by atoms with Gasteiger partial charge in [-0.05, 0) is 45.8 Å². The normalized spacial score (nSPS) is 9.93. The van der Waals surface area contributed by atoms with Gasteiger partial charge in [-0.3, -0.25) is 0 Å². The van der Waals surface area contributed by atoms with E-state index >= 15 is 0 Å². The van der Waals surface area contributed by atoms with Gasteiger partial charge in [-0.2, -0.15) is 0 Å². The first-order valence-corrected chi connectivity index (χ1v) is 8.23. The number of carbonyl (C=O) groups excluding carboxylic acids is 2. The first-order valence-electron chi connectivity index (χ1n) is 8.23. The molecule has 0 atom stereocenters. The molecule has 4 aromatic rings. The van der Waals surface area contributed by atoms with Crippen molar-refractivity contribution in [1.29, 1.82) is 0 Å². The molecule has 0 aliphatic rings. The number of aromatic carboxylic acids is 2. The van der Waals surface area contributed by atoms with E-state index in [2.05, 4.69) is 0 Å². The van der Waals surface area contributed by atoms with E-state index in [0.717, 1.165) is 21.5 Å². The summed E-state index contributed by atoms with van der Waals surface area (Å²) in [5.74, 6) is -3.26. The van der Waals surface area contributed by atoms with Crippen molar-refractivity contribution in [3.8, 4) is 11.5 Å². The Bertz CT molecular complexity index is 1110. The van der Waals surface area contributed by atoms with Crippen molar-refractivity contribution in [1.82, 2.24) is 0 Å². The molecule has 0 saturated carbocycles. The maximum Gasteiger partial charge on any atom is 2.00 e. The summed E-state index contributed by atoms with van der Waals surface area (Å²) in [7, 11) is 0. The van der Waals surface area contributed by atoms with Gasteiger partial charge in [0, 0.05) is 11.1 Å². The zero-order chi connectivity index (χ0) is 20.3. The van der Waals surface area contributed by atoms with Crippen LogP contribution in [0.5, 0.6) is 11.5 Å². The molecule has 7 heteroatoms. The molecule has 0 aromatic heterocycles. The van der Waals surface area contributed by atoms with E-state index in [1.54, 1.807) is 36.4 Å². The van der Waals surface area contributed by atoms with E-state index in [1.807, 2.05) is 12.1 Å². The molecule has 0 saturated heterocycles. The van der Waals surface area contributed by atoms with Gasteiger partial charge in [-0.1, -0.05) is 48.5 Å². The number of fused-ring (bicyclic) bond motifs is 2. The van der Waals surface area contributed by atoms with Gasteiger partial charge in [-0.25, -0.2) is 0 Å². The number of hydrogen-bond acceptors (Lipinski definition) is 6. The molecule has 0 fully saturated rings. The van der Waals surface area contributed by atoms with Gasteiger partial charge in [0.2, 0.25) is 0 Å². The largest absolute Gasteiger partial charge is 2.00 e. The van der Waals surface area contributed by atoms with Crippen LogP contribution in [0.1, 0.15) is 20.7 Å². The second kappa shape index (κ2) is 9.82. The Labute approximate surface area is 206 Å². The Balaban J connectivity index is 0.000000200. The average Bonchev–Trinajstić information content (AvgIpc) is 2.67. The van der Waals surface area contributed by atoms with E-state index in [-0.39, 0.29) is 71.5 Å². The summed E-state index contributed by atoms with van der Waals surface area (Å²) < 4.78 is 0. The van der Waals surface area contributed by atoms with Crippen molar-refractivity contribution in [2.45, 2.75) is 0 Å². The molecule has 4 aromatic carbocycles. The molecule has 0 bridgehead atoms. The number of carboxylic acid groups (broad SMARTS) is 2. The molecule has 2 N–H and O–H groups in total. The maximum atomic E-state index is 10.6. The molecule has 6 nitrogen and oxygen atoms in total. The smallest absolute Gasteiger partial charge is 0.545 e. The van der Waals surface area contributed by atoms with Gasteiger partial charge < -0.3 is 30.0 Å². The summed E-state index contributed by atoms with van der Waals surface area (Å²) in [4.78, 5) is 21.2. The predicted octanol–water partition coefficient (Wildman–Crippen LogP) is 1.44. The van der Waals surface area contributed by atoms with Crippen molar-refractivity contribution in [3.05, 3.63) is 83.9 Å². The van der Waals surface area contributed by atoms with Crippen LogP contribution in [0.3, 0.4) is 0 Å². The van der Waals surface area contributed by atoms with E-state index in [1.165, 1.54) is 24.3 Å². The fourth-order valence-corrected chi connectivity index (χ4v) is 2.78. The standard InChI is InChI=1S/2C11H8O3.Ba/c2*12-10-6-8-4-2-1-3-7(8)5-9(10)11(13)14;/h2*1-6,12H,(H,13,14);/q;;+2/p-2. The van der Waals surface area contributed by atoms with E-state index in [0.29, 0.717) is 0 Å². The number of hydrogen-bond donors (Lipinski definition) is 2. The monoisotopic (exact) mass is 512 g/mol. The minimum Gasteiger partial charge on any atom is -0.545 e. The molecule has 0 unspecified atom stereocenters. The fourth-order valence-electron chi connectivity index (χ4n) is 2.78. The zero-order valence-corrected chi connectivity index (χ0v) is 19.6. The van der Waals surface area contributed by atoms with Crippen LogP contribution >= 0.6 is 0 Å². The van der Waals surface area contributed by atoms with Crippen LogP contribution in [0.15, 0.2) is 72.8 Å². The Morgan fingerprint density at radius 1 is 0.586 bits per heavy atom. The molecule has 0 aliphatic heterocycles. The molecule has 0 radical (unpaired) electrons. The number of phenols is 2. The minimum atomic E-state index is -1.37. The molecule has 0 aliphatic carbocycles. The number of carbonyl (C=O) groups is 2. The van der Waals surface area contributed by atoms with Gasteiger partial charge in [0.05, 0.1) is 11.9 Å². The topological polar surface area (TPSA) is 121 Å². The number of benzene rings is 4. The predicted molar refractivity (Wildman–Crippen MR) is 106 cm³/mol. The van der Waals surface area contributed by atoms with Crippen LogP contribution in [0.4, 0.5) is 0 Å². The van der Waals surface area contributed by atoms with Crippen LogP contribution in [-0.2, 0) is 0 Å². The van der Waals surface area contributed by atoms with Gasteiger partial charge in [0.15, 0.2) is 0 Å². The van der Waals surface area contributed by atoms with Crippen LogP contribution in [0.25, 0.3) is 21.5 Å². The van der Waals surface area contributed by atoms with Crippen molar-refractivity contribution in [3.63, 3.8) is 0 Å².